The second kappa shape index (κ2) is 9.26. The van der Waals surface area contributed by atoms with E-state index in [1.54, 1.807) is 37.5 Å². The second-order valence-electron chi connectivity index (χ2n) is 7.53. The maximum Gasteiger partial charge on any atom is 0.264 e. The van der Waals surface area contributed by atoms with Crippen LogP contribution in [0.2, 0.25) is 0 Å². The van der Waals surface area contributed by atoms with E-state index in [9.17, 15) is 12.8 Å². The van der Waals surface area contributed by atoms with Crippen molar-refractivity contribution in [2.75, 3.05) is 10.8 Å². The first-order valence-corrected chi connectivity index (χ1v) is 11.1. The van der Waals surface area contributed by atoms with E-state index in [-0.39, 0.29) is 17.4 Å². The fourth-order valence-corrected chi connectivity index (χ4v) is 4.63. The fraction of sp³-hybridized carbons (Fsp3) is 0.261. The molecule has 30 heavy (non-hydrogen) atoms. The number of sulfonamides is 1. The summed E-state index contributed by atoms with van der Waals surface area (Å²) in [5, 5.41) is 0. The average molecular weight is 429 g/mol. The van der Waals surface area contributed by atoms with Gasteiger partial charge in [0.25, 0.3) is 10.0 Å². The third kappa shape index (κ3) is 5.36. The summed E-state index contributed by atoms with van der Waals surface area (Å²) < 4.78 is 47.6. The van der Waals surface area contributed by atoms with Gasteiger partial charge < -0.3 is 4.74 Å². The quantitative estimate of drug-likeness (QED) is 0.509. The largest absolute Gasteiger partial charge is 0.489 e. The van der Waals surface area contributed by atoms with Gasteiger partial charge in [-0.3, -0.25) is 9.29 Å². The van der Waals surface area contributed by atoms with E-state index in [4.69, 9.17) is 4.74 Å². The lowest BCUT2D eigenvalue weighted by Gasteiger charge is -2.26. The molecular weight excluding hydrogens is 403 g/mol. The molecule has 0 atom stereocenters. The van der Waals surface area contributed by atoms with Crippen LogP contribution < -0.4 is 9.04 Å². The van der Waals surface area contributed by atoms with E-state index in [1.165, 1.54) is 28.6 Å². The molecule has 1 heterocycles. The van der Waals surface area contributed by atoms with Crippen LogP contribution in [0, 0.1) is 18.7 Å². The van der Waals surface area contributed by atoms with E-state index in [1.807, 2.05) is 26.0 Å². The van der Waals surface area contributed by atoms with Crippen molar-refractivity contribution < 1.29 is 17.5 Å². The summed E-state index contributed by atoms with van der Waals surface area (Å²) in [4.78, 5) is 4.09. The highest BCUT2D eigenvalue weighted by Crippen LogP contribution is 2.28. The number of benzene rings is 2. The molecule has 2 aromatic carbocycles. The lowest BCUT2D eigenvalue weighted by atomic mass is 10.2. The van der Waals surface area contributed by atoms with Gasteiger partial charge in [-0.1, -0.05) is 13.8 Å². The molecule has 0 bridgehead atoms. The van der Waals surface area contributed by atoms with Crippen LogP contribution in [0.15, 0.2) is 71.9 Å². The Kier molecular flexibility index (Phi) is 6.72. The van der Waals surface area contributed by atoms with Crippen molar-refractivity contribution in [3.63, 3.8) is 0 Å². The highest BCUT2D eigenvalue weighted by molar-refractivity contribution is 7.92. The van der Waals surface area contributed by atoms with Gasteiger partial charge in [0.15, 0.2) is 0 Å². The number of hydrogen-bond donors (Lipinski definition) is 0. The number of halogens is 1. The summed E-state index contributed by atoms with van der Waals surface area (Å²) >= 11 is 0. The normalized spacial score (nSPS) is 11.5. The van der Waals surface area contributed by atoms with E-state index in [0.717, 1.165) is 5.56 Å². The van der Waals surface area contributed by atoms with Gasteiger partial charge in [-0.15, -0.1) is 0 Å². The summed E-state index contributed by atoms with van der Waals surface area (Å²) in [6.07, 6.45) is 3.37. The SMILES string of the molecule is Cc1cc(F)cc(N(CC(C)C)S(=O)(=O)c2ccc(OCc3ccncc3)cc2)c1. The van der Waals surface area contributed by atoms with Crippen LogP contribution >= 0.6 is 0 Å². The zero-order valence-electron chi connectivity index (χ0n) is 17.2. The number of aryl methyl sites for hydroxylation is 1. The number of ether oxygens (including phenoxy) is 1. The van der Waals surface area contributed by atoms with Gasteiger partial charge in [-0.2, -0.15) is 0 Å². The fourth-order valence-electron chi connectivity index (χ4n) is 3.02. The molecule has 5 nitrogen and oxygen atoms in total. The standard InChI is InChI=1S/C23H25FN2O3S/c1-17(2)15-26(21-13-18(3)12-20(24)14-21)30(27,28)23-6-4-22(5-7-23)29-16-19-8-10-25-11-9-19/h4-14,17H,15-16H2,1-3H3. The molecule has 0 aliphatic carbocycles. The Morgan fingerprint density at radius 3 is 2.30 bits per heavy atom. The predicted octanol–water partition coefficient (Wildman–Crippen LogP) is 4.96. The molecule has 0 unspecified atom stereocenters. The summed E-state index contributed by atoms with van der Waals surface area (Å²) in [7, 11) is -3.86. The van der Waals surface area contributed by atoms with Crippen LogP contribution in [0.3, 0.4) is 0 Å². The molecule has 0 spiro atoms. The van der Waals surface area contributed by atoms with Gasteiger partial charge in [0, 0.05) is 18.9 Å². The summed E-state index contributed by atoms with van der Waals surface area (Å²) in [5.41, 5.74) is 1.94. The van der Waals surface area contributed by atoms with Gasteiger partial charge >= 0.3 is 0 Å². The lowest BCUT2D eigenvalue weighted by molar-refractivity contribution is 0.306. The molecule has 7 heteroatoms. The number of hydrogen-bond acceptors (Lipinski definition) is 4. The maximum absolute atomic E-state index is 14.0. The molecule has 1 aromatic heterocycles. The molecule has 0 saturated heterocycles. The second-order valence-corrected chi connectivity index (χ2v) is 9.39. The summed E-state index contributed by atoms with van der Waals surface area (Å²) in [6.45, 7) is 6.18. The molecule has 0 radical (unpaired) electrons. The molecule has 3 rings (SSSR count). The van der Waals surface area contributed by atoms with Gasteiger partial charge in [0.2, 0.25) is 0 Å². The maximum atomic E-state index is 14.0. The van der Waals surface area contributed by atoms with Gasteiger partial charge in [0.05, 0.1) is 10.6 Å². The molecule has 0 saturated carbocycles. The monoisotopic (exact) mass is 428 g/mol. The summed E-state index contributed by atoms with van der Waals surface area (Å²) in [5.74, 6) is 0.155. The third-order valence-electron chi connectivity index (χ3n) is 4.41. The lowest BCUT2D eigenvalue weighted by Crippen LogP contribution is -2.34. The van der Waals surface area contributed by atoms with Crippen molar-refractivity contribution in [1.82, 2.24) is 4.98 Å². The van der Waals surface area contributed by atoms with Gasteiger partial charge in [-0.25, -0.2) is 12.8 Å². The highest BCUT2D eigenvalue weighted by Gasteiger charge is 2.26. The topological polar surface area (TPSA) is 59.5 Å². The van der Waals surface area contributed by atoms with Crippen LogP contribution in [-0.4, -0.2) is 19.9 Å². The van der Waals surface area contributed by atoms with Crippen molar-refractivity contribution in [3.05, 3.63) is 83.9 Å². The smallest absolute Gasteiger partial charge is 0.264 e. The molecule has 0 aliphatic heterocycles. The Balaban J connectivity index is 1.85. The van der Waals surface area contributed by atoms with Crippen LogP contribution in [-0.2, 0) is 16.6 Å². The number of anilines is 1. The van der Waals surface area contributed by atoms with Crippen LogP contribution in [0.4, 0.5) is 10.1 Å². The molecule has 3 aromatic rings. The van der Waals surface area contributed by atoms with Crippen molar-refractivity contribution >= 4 is 15.7 Å². The minimum atomic E-state index is -3.86. The van der Waals surface area contributed by atoms with Gasteiger partial charge in [-0.05, 0) is 78.6 Å². The van der Waals surface area contributed by atoms with Crippen molar-refractivity contribution in [1.29, 1.82) is 0 Å². The number of nitrogens with zero attached hydrogens (tertiary/aromatic N) is 2. The number of rotatable bonds is 8. The molecule has 0 aliphatic rings. The predicted molar refractivity (Wildman–Crippen MR) is 116 cm³/mol. The minimum Gasteiger partial charge on any atom is -0.489 e. The Morgan fingerprint density at radius 2 is 1.70 bits per heavy atom. The van der Waals surface area contributed by atoms with E-state index in [0.29, 0.717) is 23.6 Å². The molecule has 0 amide bonds. The van der Waals surface area contributed by atoms with Crippen molar-refractivity contribution in [2.24, 2.45) is 5.92 Å². The zero-order chi connectivity index (χ0) is 21.7. The van der Waals surface area contributed by atoms with Crippen LogP contribution in [0.25, 0.3) is 0 Å². The first-order valence-electron chi connectivity index (χ1n) is 9.67. The number of pyridine rings is 1. The Hall–Kier alpha value is -2.93. The zero-order valence-corrected chi connectivity index (χ0v) is 18.1. The van der Waals surface area contributed by atoms with Crippen LogP contribution in [0.5, 0.6) is 5.75 Å². The van der Waals surface area contributed by atoms with Crippen molar-refractivity contribution in [2.45, 2.75) is 32.3 Å². The first kappa shape index (κ1) is 21.8. The first-order chi connectivity index (χ1) is 14.3. The van der Waals surface area contributed by atoms with E-state index >= 15 is 0 Å². The third-order valence-corrected chi connectivity index (χ3v) is 6.22. The molecule has 0 N–H and O–H groups in total. The van der Waals surface area contributed by atoms with E-state index < -0.39 is 15.8 Å². The molecular formula is C23H25FN2O3S. The average Bonchev–Trinajstić information content (AvgIpc) is 2.70. The molecule has 158 valence electrons. The highest BCUT2D eigenvalue weighted by atomic mass is 32.2. The van der Waals surface area contributed by atoms with Crippen LogP contribution in [0.1, 0.15) is 25.0 Å². The van der Waals surface area contributed by atoms with Gasteiger partial charge in [0.1, 0.15) is 18.2 Å². The van der Waals surface area contributed by atoms with Crippen molar-refractivity contribution in [3.8, 4) is 5.75 Å². The summed E-state index contributed by atoms with van der Waals surface area (Å²) in [6, 6.07) is 14.3. The minimum absolute atomic E-state index is 0.0614. The Morgan fingerprint density at radius 1 is 1.03 bits per heavy atom. The Bertz CT molecular complexity index is 1060. The number of aromatic nitrogens is 1. The van der Waals surface area contributed by atoms with E-state index in [2.05, 4.69) is 4.98 Å². The molecule has 0 fully saturated rings. The Labute approximate surface area is 177 Å².